The SMILES string of the molecule is CN=C(NCCCS(=O)(=O)c1ccccc1)N1CCC(c2ccccc2)C(C)C1.I. The molecule has 1 saturated heterocycles. The van der Waals surface area contributed by atoms with Crippen LogP contribution in [-0.4, -0.2) is 51.7 Å². The van der Waals surface area contributed by atoms with Crippen molar-refractivity contribution in [1.29, 1.82) is 0 Å². The summed E-state index contributed by atoms with van der Waals surface area (Å²) < 4.78 is 24.8. The quantitative estimate of drug-likeness (QED) is 0.258. The van der Waals surface area contributed by atoms with Crippen LogP contribution in [0.4, 0.5) is 0 Å². The fourth-order valence-corrected chi connectivity index (χ4v) is 5.41. The lowest BCUT2D eigenvalue weighted by Gasteiger charge is -2.39. The number of halogens is 1. The van der Waals surface area contributed by atoms with E-state index in [0.29, 0.717) is 29.7 Å². The fourth-order valence-electron chi connectivity index (χ4n) is 4.07. The first-order chi connectivity index (χ1) is 14.0. The fraction of sp³-hybridized carbons (Fsp3) is 0.435. The Kier molecular flexibility index (Phi) is 9.61. The Balaban J connectivity index is 0.00000320. The summed E-state index contributed by atoms with van der Waals surface area (Å²) in [5, 5.41) is 3.35. The van der Waals surface area contributed by atoms with Gasteiger partial charge < -0.3 is 10.2 Å². The lowest BCUT2D eigenvalue weighted by molar-refractivity contribution is 0.234. The zero-order valence-electron chi connectivity index (χ0n) is 17.7. The number of aliphatic imine (C=N–C) groups is 1. The molecular formula is C23H32IN3O2S. The van der Waals surface area contributed by atoms with Crippen LogP contribution in [0.2, 0.25) is 0 Å². The van der Waals surface area contributed by atoms with Gasteiger partial charge in [0.1, 0.15) is 0 Å². The summed E-state index contributed by atoms with van der Waals surface area (Å²) in [6.45, 7) is 4.78. The van der Waals surface area contributed by atoms with Gasteiger partial charge in [-0.2, -0.15) is 0 Å². The van der Waals surface area contributed by atoms with Crippen molar-refractivity contribution in [3.05, 3.63) is 66.2 Å². The predicted octanol–water partition coefficient (Wildman–Crippen LogP) is 4.17. The first-order valence-electron chi connectivity index (χ1n) is 10.3. The minimum Gasteiger partial charge on any atom is -0.356 e. The van der Waals surface area contributed by atoms with Gasteiger partial charge in [0.05, 0.1) is 10.6 Å². The van der Waals surface area contributed by atoms with Gasteiger partial charge >= 0.3 is 0 Å². The number of rotatable bonds is 6. The minimum atomic E-state index is -3.23. The lowest BCUT2D eigenvalue weighted by atomic mass is 9.82. The molecule has 0 aromatic heterocycles. The van der Waals surface area contributed by atoms with Gasteiger partial charge in [0.2, 0.25) is 0 Å². The highest BCUT2D eigenvalue weighted by Crippen LogP contribution is 2.32. The van der Waals surface area contributed by atoms with E-state index in [-0.39, 0.29) is 29.7 Å². The molecule has 0 spiro atoms. The number of likely N-dealkylation sites (tertiary alicyclic amines) is 1. The molecule has 2 unspecified atom stereocenters. The first kappa shape index (κ1) is 24.7. The van der Waals surface area contributed by atoms with Crippen molar-refractivity contribution < 1.29 is 8.42 Å². The Bertz CT molecular complexity index is 905. The summed E-state index contributed by atoms with van der Waals surface area (Å²) in [4.78, 5) is 7.10. The van der Waals surface area contributed by atoms with E-state index in [1.54, 1.807) is 31.3 Å². The zero-order chi connectivity index (χ0) is 20.7. The molecule has 5 nitrogen and oxygen atoms in total. The first-order valence-corrected chi connectivity index (χ1v) is 11.9. The monoisotopic (exact) mass is 541 g/mol. The molecule has 0 saturated carbocycles. The highest BCUT2D eigenvalue weighted by atomic mass is 127. The maximum Gasteiger partial charge on any atom is 0.193 e. The van der Waals surface area contributed by atoms with Crippen LogP contribution in [0.3, 0.4) is 0 Å². The van der Waals surface area contributed by atoms with E-state index in [1.165, 1.54) is 5.56 Å². The Hall–Kier alpha value is -1.61. The largest absolute Gasteiger partial charge is 0.356 e. The molecule has 2 aromatic rings. The normalized spacial score (nSPS) is 19.8. The second-order valence-electron chi connectivity index (χ2n) is 7.69. The van der Waals surface area contributed by atoms with Gasteiger partial charge in [-0.1, -0.05) is 55.5 Å². The second-order valence-corrected chi connectivity index (χ2v) is 9.80. The highest BCUT2D eigenvalue weighted by Gasteiger charge is 2.28. The number of nitrogens with zero attached hydrogens (tertiary/aromatic N) is 2. The molecule has 1 fully saturated rings. The van der Waals surface area contributed by atoms with Crippen molar-refractivity contribution in [1.82, 2.24) is 10.2 Å². The molecule has 1 aliphatic rings. The van der Waals surface area contributed by atoms with Gasteiger partial charge in [0, 0.05) is 26.7 Å². The Morgan fingerprint density at radius 3 is 2.33 bits per heavy atom. The van der Waals surface area contributed by atoms with Crippen LogP contribution < -0.4 is 5.32 Å². The summed E-state index contributed by atoms with van der Waals surface area (Å²) in [5.41, 5.74) is 1.41. The topological polar surface area (TPSA) is 61.8 Å². The maximum absolute atomic E-state index is 12.4. The lowest BCUT2D eigenvalue weighted by Crippen LogP contribution is -2.48. The van der Waals surface area contributed by atoms with Crippen LogP contribution in [0.1, 0.15) is 31.2 Å². The average molecular weight is 541 g/mol. The van der Waals surface area contributed by atoms with Crippen LogP contribution in [-0.2, 0) is 9.84 Å². The van der Waals surface area contributed by atoms with Crippen LogP contribution in [0.15, 0.2) is 70.6 Å². The molecule has 3 rings (SSSR count). The highest BCUT2D eigenvalue weighted by molar-refractivity contribution is 14.0. The molecule has 0 amide bonds. The van der Waals surface area contributed by atoms with E-state index in [0.717, 1.165) is 25.5 Å². The summed E-state index contributed by atoms with van der Waals surface area (Å²) in [6.07, 6.45) is 1.64. The summed E-state index contributed by atoms with van der Waals surface area (Å²) in [5.74, 6) is 2.10. The third-order valence-electron chi connectivity index (χ3n) is 5.62. The number of hydrogen-bond donors (Lipinski definition) is 1. The van der Waals surface area contributed by atoms with E-state index in [4.69, 9.17) is 0 Å². The number of piperidine rings is 1. The van der Waals surface area contributed by atoms with Crippen molar-refractivity contribution in [3.8, 4) is 0 Å². The molecular weight excluding hydrogens is 509 g/mol. The van der Waals surface area contributed by atoms with Gasteiger partial charge in [-0.05, 0) is 42.4 Å². The number of hydrogen-bond acceptors (Lipinski definition) is 3. The smallest absolute Gasteiger partial charge is 0.193 e. The van der Waals surface area contributed by atoms with E-state index in [2.05, 4.69) is 52.5 Å². The average Bonchev–Trinajstić information content (AvgIpc) is 2.75. The van der Waals surface area contributed by atoms with Crippen LogP contribution in [0, 0.1) is 5.92 Å². The number of guanidine groups is 1. The molecule has 0 aliphatic carbocycles. The van der Waals surface area contributed by atoms with Crippen molar-refractivity contribution in [2.24, 2.45) is 10.9 Å². The van der Waals surface area contributed by atoms with Gasteiger partial charge in [0.15, 0.2) is 15.8 Å². The summed E-state index contributed by atoms with van der Waals surface area (Å²) in [7, 11) is -1.44. The molecule has 30 heavy (non-hydrogen) atoms. The molecule has 2 aromatic carbocycles. The number of sulfone groups is 1. The van der Waals surface area contributed by atoms with Gasteiger partial charge in [-0.25, -0.2) is 8.42 Å². The molecule has 0 bridgehead atoms. The third-order valence-corrected chi connectivity index (χ3v) is 7.44. The van der Waals surface area contributed by atoms with Crippen LogP contribution in [0.5, 0.6) is 0 Å². The molecule has 1 N–H and O–H groups in total. The van der Waals surface area contributed by atoms with E-state index >= 15 is 0 Å². The molecule has 0 radical (unpaired) electrons. The van der Waals surface area contributed by atoms with Crippen LogP contribution >= 0.6 is 24.0 Å². The van der Waals surface area contributed by atoms with Crippen LogP contribution in [0.25, 0.3) is 0 Å². The Labute approximate surface area is 197 Å². The zero-order valence-corrected chi connectivity index (χ0v) is 20.8. The summed E-state index contributed by atoms with van der Waals surface area (Å²) in [6, 6.07) is 19.4. The van der Waals surface area contributed by atoms with E-state index in [1.807, 2.05) is 6.07 Å². The van der Waals surface area contributed by atoms with Gasteiger partial charge in [-0.3, -0.25) is 4.99 Å². The van der Waals surface area contributed by atoms with E-state index in [9.17, 15) is 8.42 Å². The standard InChI is InChI=1S/C23H31N3O2S.HI/c1-19-18-26(16-14-22(19)20-10-5-3-6-11-20)23(24-2)25-15-9-17-29(27,28)21-12-7-4-8-13-21;/h3-8,10-13,19,22H,9,14-18H2,1-2H3,(H,24,25);1H. The Morgan fingerprint density at radius 2 is 1.73 bits per heavy atom. The predicted molar refractivity (Wildman–Crippen MR) is 134 cm³/mol. The van der Waals surface area contributed by atoms with Gasteiger partial charge in [-0.15, -0.1) is 24.0 Å². The van der Waals surface area contributed by atoms with Crippen molar-refractivity contribution in [2.75, 3.05) is 32.4 Å². The molecule has 1 heterocycles. The van der Waals surface area contributed by atoms with Crippen molar-refractivity contribution >= 4 is 39.8 Å². The minimum absolute atomic E-state index is 0. The molecule has 7 heteroatoms. The Morgan fingerprint density at radius 1 is 1.10 bits per heavy atom. The number of nitrogens with one attached hydrogen (secondary N) is 1. The molecule has 164 valence electrons. The third kappa shape index (κ3) is 6.44. The second kappa shape index (κ2) is 11.7. The maximum atomic E-state index is 12.4. The summed E-state index contributed by atoms with van der Waals surface area (Å²) >= 11 is 0. The molecule has 2 atom stereocenters. The van der Waals surface area contributed by atoms with Crippen molar-refractivity contribution in [2.45, 2.75) is 30.6 Å². The van der Waals surface area contributed by atoms with Crippen molar-refractivity contribution in [3.63, 3.8) is 0 Å². The van der Waals surface area contributed by atoms with Gasteiger partial charge in [0.25, 0.3) is 0 Å². The van der Waals surface area contributed by atoms with E-state index < -0.39 is 9.84 Å². The molecule has 1 aliphatic heterocycles. The number of benzene rings is 2.